The molecule has 5 nitrogen and oxygen atoms in total. The van der Waals surface area contributed by atoms with Crippen LogP contribution in [0, 0.1) is 0 Å². The summed E-state index contributed by atoms with van der Waals surface area (Å²) in [6.07, 6.45) is -2.14. The number of aromatic nitrogens is 2. The van der Waals surface area contributed by atoms with Gasteiger partial charge in [-0.25, -0.2) is 4.79 Å². The van der Waals surface area contributed by atoms with Gasteiger partial charge in [-0.15, -0.1) is 0 Å². The molecule has 0 radical (unpaired) electrons. The number of halogens is 5. The zero-order chi connectivity index (χ0) is 18.9. The largest absolute Gasteiger partial charge is 0.417 e. The van der Waals surface area contributed by atoms with Gasteiger partial charge in [0.1, 0.15) is 0 Å². The number of alkyl halides is 3. The van der Waals surface area contributed by atoms with Gasteiger partial charge in [0, 0.05) is 29.0 Å². The highest BCUT2D eigenvalue weighted by molar-refractivity contribution is 6.35. The molecule has 2 heterocycles. The molecular formula is C16H11Cl2F3N4O. The number of carbonyl (C=O) groups is 1. The molecule has 3 N–H and O–H groups in total. The van der Waals surface area contributed by atoms with Crippen molar-refractivity contribution in [3.8, 4) is 0 Å². The van der Waals surface area contributed by atoms with E-state index in [1.165, 1.54) is 0 Å². The van der Waals surface area contributed by atoms with Crippen molar-refractivity contribution in [1.29, 1.82) is 0 Å². The molecule has 0 saturated carbocycles. The maximum absolute atomic E-state index is 12.6. The van der Waals surface area contributed by atoms with E-state index in [-0.39, 0.29) is 17.3 Å². The second-order valence-electron chi connectivity index (χ2n) is 5.35. The number of hydrogen-bond donors (Lipinski definition) is 3. The molecule has 0 fully saturated rings. The Hall–Kier alpha value is -2.45. The highest BCUT2D eigenvalue weighted by atomic mass is 35.5. The Morgan fingerprint density at radius 1 is 1.19 bits per heavy atom. The monoisotopic (exact) mass is 402 g/mol. The lowest BCUT2D eigenvalue weighted by atomic mass is 10.2. The van der Waals surface area contributed by atoms with Crippen LogP contribution < -0.4 is 10.6 Å². The Kier molecular flexibility index (Phi) is 4.97. The molecule has 0 aliphatic heterocycles. The topological polar surface area (TPSA) is 69.8 Å². The number of carbonyl (C=O) groups excluding carboxylic acids is 1. The molecule has 2 amide bonds. The summed E-state index contributed by atoms with van der Waals surface area (Å²) in [5, 5.41) is 6.16. The number of rotatable bonds is 3. The fourth-order valence-electron chi connectivity index (χ4n) is 2.28. The van der Waals surface area contributed by atoms with Crippen molar-refractivity contribution in [3.05, 3.63) is 58.0 Å². The lowest BCUT2D eigenvalue weighted by Gasteiger charge is -2.11. The number of benzene rings is 1. The Balaban J connectivity index is 1.65. The van der Waals surface area contributed by atoms with Crippen molar-refractivity contribution in [2.45, 2.75) is 12.7 Å². The number of aromatic amines is 1. The van der Waals surface area contributed by atoms with E-state index in [0.29, 0.717) is 16.9 Å². The third kappa shape index (κ3) is 4.03. The van der Waals surface area contributed by atoms with Gasteiger partial charge < -0.3 is 15.6 Å². The van der Waals surface area contributed by atoms with Crippen LogP contribution in [0.3, 0.4) is 0 Å². The number of nitrogens with zero attached hydrogens (tertiary/aromatic N) is 1. The molecule has 136 valence electrons. The van der Waals surface area contributed by atoms with Gasteiger partial charge in [-0.05, 0) is 24.3 Å². The molecule has 1 aromatic carbocycles. The highest BCUT2D eigenvalue weighted by Crippen LogP contribution is 2.31. The van der Waals surface area contributed by atoms with Gasteiger partial charge in [0.05, 0.1) is 27.8 Å². The van der Waals surface area contributed by atoms with Gasteiger partial charge in [0.2, 0.25) is 0 Å². The Morgan fingerprint density at radius 2 is 1.96 bits per heavy atom. The van der Waals surface area contributed by atoms with Crippen LogP contribution in [0.4, 0.5) is 23.7 Å². The van der Waals surface area contributed by atoms with E-state index in [9.17, 15) is 18.0 Å². The number of fused-ring (bicyclic) bond motifs is 1. The number of pyridine rings is 1. The van der Waals surface area contributed by atoms with Crippen molar-refractivity contribution < 1.29 is 18.0 Å². The number of anilines is 1. The smallest absolute Gasteiger partial charge is 0.361 e. The maximum Gasteiger partial charge on any atom is 0.417 e. The van der Waals surface area contributed by atoms with Crippen LogP contribution in [0.2, 0.25) is 10.0 Å². The number of urea groups is 1. The minimum atomic E-state index is -4.53. The van der Waals surface area contributed by atoms with Crippen molar-refractivity contribution in [3.63, 3.8) is 0 Å². The van der Waals surface area contributed by atoms with E-state index in [0.717, 1.165) is 17.0 Å². The Bertz CT molecular complexity index is 972. The number of hydrogen-bond acceptors (Lipinski definition) is 2. The first-order chi connectivity index (χ1) is 12.2. The quantitative estimate of drug-likeness (QED) is 0.562. The molecule has 2 aromatic heterocycles. The zero-order valence-corrected chi connectivity index (χ0v) is 14.4. The summed E-state index contributed by atoms with van der Waals surface area (Å²) < 4.78 is 37.8. The molecular weight excluding hydrogens is 392 g/mol. The van der Waals surface area contributed by atoms with Crippen molar-refractivity contribution in [2.75, 3.05) is 5.32 Å². The molecule has 0 aliphatic rings. The van der Waals surface area contributed by atoms with Gasteiger partial charge in [0.25, 0.3) is 0 Å². The summed E-state index contributed by atoms with van der Waals surface area (Å²) in [5.74, 6) is 0. The average molecular weight is 403 g/mol. The minimum absolute atomic E-state index is 0.118. The van der Waals surface area contributed by atoms with Crippen LogP contribution in [0.25, 0.3) is 10.9 Å². The van der Waals surface area contributed by atoms with Gasteiger partial charge in [0.15, 0.2) is 0 Å². The Morgan fingerprint density at radius 3 is 2.65 bits per heavy atom. The van der Waals surface area contributed by atoms with Crippen LogP contribution in [-0.2, 0) is 12.7 Å². The molecule has 10 heteroatoms. The number of H-pyrrole nitrogens is 1. The van der Waals surface area contributed by atoms with E-state index < -0.39 is 17.8 Å². The first kappa shape index (κ1) is 18.3. The van der Waals surface area contributed by atoms with Gasteiger partial charge in [-0.2, -0.15) is 13.2 Å². The van der Waals surface area contributed by atoms with Gasteiger partial charge in [-0.1, -0.05) is 23.2 Å². The molecule has 0 saturated heterocycles. The molecule has 0 aliphatic carbocycles. The van der Waals surface area contributed by atoms with Crippen LogP contribution >= 0.6 is 23.2 Å². The van der Waals surface area contributed by atoms with E-state index in [4.69, 9.17) is 23.2 Å². The molecule has 0 spiro atoms. The molecule has 0 unspecified atom stereocenters. The van der Waals surface area contributed by atoms with Crippen LogP contribution in [0.15, 0.2) is 36.7 Å². The maximum atomic E-state index is 12.6. The van der Waals surface area contributed by atoms with Crippen LogP contribution in [-0.4, -0.2) is 16.0 Å². The third-order valence-electron chi connectivity index (χ3n) is 3.54. The van der Waals surface area contributed by atoms with Crippen LogP contribution in [0.1, 0.15) is 11.3 Å². The molecule has 0 bridgehead atoms. The zero-order valence-electron chi connectivity index (χ0n) is 12.9. The first-order valence-corrected chi connectivity index (χ1v) is 8.03. The van der Waals surface area contributed by atoms with Crippen LogP contribution in [0.5, 0.6) is 0 Å². The summed E-state index contributed by atoms with van der Waals surface area (Å²) in [5.41, 5.74) is 0.367. The first-order valence-electron chi connectivity index (χ1n) is 7.27. The average Bonchev–Trinajstić information content (AvgIpc) is 3.01. The second kappa shape index (κ2) is 7.05. The summed E-state index contributed by atoms with van der Waals surface area (Å²) >= 11 is 11.9. The van der Waals surface area contributed by atoms with Gasteiger partial charge in [-0.3, -0.25) is 4.98 Å². The van der Waals surface area contributed by atoms with E-state index >= 15 is 0 Å². The van der Waals surface area contributed by atoms with Crippen molar-refractivity contribution in [1.82, 2.24) is 15.3 Å². The SMILES string of the molecule is O=C(NCc1ncc(C(F)(F)F)cc1Cl)Nc1cc(Cl)c2cc[nH]c2c1. The predicted molar refractivity (Wildman–Crippen MR) is 93.4 cm³/mol. The second-order valence-corrected chi connectivity index (χ2v) is 6.17. The highest BCUT2D eigenvalue weighted by Gasteiger charge is 2.31. The minimum Gasteiger partial charge on any atom is -0.361 e. The molecule has 3 aromatic rings. The van der Waals surface area contributed by atoms with Crippen molar-refractivity contribution >= 4 is 45.8 Å². The molecule has 0 atom stereocenters. The fourth-order valence-corrected chi connectivity index (χ4v) is 2.80. The van der Waals surface area contributed by atoms with Gasteiger partial charge >= 0.3 is 12.2 Å². The lowest BCUT2D eigenvalue weighted by Crippen LogP contribution is -2.28. The standard InChI is InChI=1S/C16H11Cl2F3N4O/c17-11-4-9(5-13-10(11)1-2-22-13)25-15(26)24-7-14-12(18)3-8(6-23-14)16(19,20)21/h1-6,22H,7H2,(H2,24,25,26). The number of nitrogens with one attached hydrogen (secondary N) is 3. The predicted octanol–water partition coefficient (Wildman–Crippen LogP) is 5.21. The van der Waals surface area contributed by atoms with E-state index in [1.807, 2.05) is 0 Å². The summed E-state index contributed by atoms with van der Waals surface area (Å²) in [6.45, 7) is -0.138. The number of amides is 2. The normalized spacial score (nSPS) is 11.6. The van der Waals surface area contributed by atoms with E-state index in [2.05, 4.69) is 20.6 Å². The van der Waals surface area contributed by atoms with Crippen molar-refractivity contribution in [2.24, 2.45) is 0 Å². The van der Waals surface area contributed by atoms with E-state index in [1.54, 1.807) is 24.4 Å². The molecule has 26 heavy (non-hydrogen) atoms. The third-order valence-corrected chi connectivity index (χ3v) is 4.18. The summed E-state index contributed by atoms with van der Waals surface area (Å²) in [6, 6.07) is 5.28. The summed E-state index contributed by atoms with van der Waals surface area (Å²) in [7, 11) is 0. The summed E-state index contributed by atoms with van der Waals surface area (Å²) in [4.78, 5) is 18.6. The molecule has 3 rings (SSSR count). The Labute approximate surface area is 155 Å². The lowest BCUT2D eigenvalue weighted by molar-refractivity contribution is -0.137. The fraction of sp³-hybridized carbons (Fsp3) is 0.125.